The minimum absolute atomic E-state index is 0.271. The molecule has 0 unspecified atom stereocenters. The van der Waals surface area contributed by atoms with E-state index in [4.69, 9.17) is 4.74 Å². The Bertz CT molecular complexity index is 1240. The molecule has 0 fully saturated rings. The molecule has 0 spiro atoms. The highest BCUT2D eigenvalue weighted by molar-refractivity contribution is 5.89. The lowest BCUT2D eigenvalue weighted by atomic mass is 9.83. The molecule has 0 aromatic heterocycles. The van der Waals surface area contributed by atoms with Gasteiger partial charge in [-0.1, -0.05) is 76.9 Å². The fourth-order valence-corrected chi connectivity index (χ4v) is 5.03. The predicted molar refractivity (Wildman–Crippen MR) is 168 cm³/mol. The van der Waals surface area contributed by atoms with Gasteiger partial charge < -0.3 is 15.4 Å². The number of halogens is 3. The Kier molecular flexibility index (Phi) is 13.0. The Hall–Kier alpha value is -3.36. The highest BCUT2D eigenvalue weighted by atomic mass is 19.4. The third kappa shape index (κ3) is 11.6. The number of ether oxygens (including phenoxy) is 1. The number of likely N-dealkylation sites (N-methyl/N-ethyl adjacent to an activating group) is 1. The zero-order chi connectivity index (χ0) is 33.3. The third-order valence-electron chi connectivity index (χ3n) is 7.51. The first-order valence-corrected chi connectivity index (χ1v) is 15.4. The first-order chi connectivity index (χ1) is 20.4. The number of rotatable bonds is 13. The number of carbonyl (C=O) groups is 3. The normalized spacial score (nSPS) is 14.3. The van der Waals surface area contributed by atoms with Crippen molar-refractivity contribution >= 4 is 17.8 Å². The summed E-state index contributed by atoms with van der Waals surface area (Å²) in [7, 11) is 1.52. The van der Waals surface area contributed by atoms with E-state index in [2.05, 4.69) is 10.6 Å². The Balaban J connectivity index is 2.33. The van der Waals surface area contributed by atoms with Crippen molar-refractivity contribution in [3.8, 4) is 11.1 Å². The zero-order valence-corrected chi connectivity index (χ0v) is 27.4. The lowest BCUT2D eigenvalue weighted by Crippen LogP contribution is -2.54. The van der Waals surface area contributed by atoms with Crippen LogP contribution in [0.1, 0.15) is 91.7 Å². The van der Waals surface area contributed by atoms with Crippen LogP contribution in [-0.2, 0) is 31.7 Å². The molecule has 0 saturated carbocycles. The summed E-state index contributed by atoms with van der Waals surface area (Å²) in [6, 6.07) is 11.6. The average molecular weight is 619 g/mol. The van der Waals surface area contributed by atoms with Crippen LogP contribution in [0.3, 0.4) is 0 Å². The monoisotopic (exact) mass is 618 g/mol. The summed E-state index contributed by atoms with van der Waals surface area (Å²) in [4.78, 5) is 39.7. The minimum atomic E-state index is -4.43. The zero-order valence-electron chi connectivity index (χ0n) is 27.4. The molecule has 9 heteroatoms. The first-order valence-electron chi connectivity index (χ1n) is 15.4. The van der Waals surface area contributed by atoms with Crippen LogP contribution >= 0.6 is 0 Å². The molecule has 0 aliphatic carbocycles. The average Bonchev–Trinajstić information content (AvgIpc) is 2.93. The maximum absolute atomic E-state index is 13.8. The maximum Gasteiger partial charge on any atom is 0.416 e. The van der Waals surface area contributed by atoms with E-state index < -0.39 is 40.6 Å². The van der Waals surface area contributed by atoms with E-state index in [0.29, 0.717) is 30.4 Å². The van der Waals surface area contributed by atoms with Crippen LogP contribution in [0.4, 0.5) is 13.2 Å². The molecular formula is C35H49F3N2O4. The number of esters is 1. The van der Waals surface area contributed by atoms with Gasteiger partial charge in [0.25, 0.3) is 0 Å². The van der Waals surface area contributed by atoms with Crippen LogP contribution in [-0.4, -0.2) is 36.5 Å². The van der Waals surface area contributed by atoms with Crippen molar-refractivity contribution in [3.05, 3.63) is 59.7 Å². The van der Waals surface area contributed by atoms with Crippen molar-refractivity contribution in [2.24, 2.45) is 17.3 Å². The Morgan fingerprint density at radius 2 is 1.48 bits per heavy atom. The topological polar surface area (TPSA) is 84.5 Å². The van der Waals surface area contributed by atoms with Crippen LogP contribution in [0, 0.1) is 17.3 Å². The Labute approximate surface area is 260 Å². The third-order valence-corrected chi connectivity index (χ3v) is 7.51. The van der Waals surface area contributed by atoms with Crippen LogP contribution < -0.4 is 10.6 Å². The van der Waals surface area contributed by atoms with Gasteiger partial charge in [-0.15, -0.1) is 0 Å². The van der Waals surface area contributed by atoms with Crippen molar-refractivity contribution in [2.75, 3.05) is 7.05 Å². The van der Waals surface area contributed by atoms with Crippen molar-refractivity contribution < 1.29 is 32.3 Å². The van der Waals surface area contributed by atoms with Crippen LogP contribution in [0.2, 0.25) is 0 Å². The van der Waals surface area contributed by atoms with Crippen molar-refractivity contribution in [1.82, 2.24) is 10.6 Å². The van der Waals surface area contributed by atoms with E-state index in [9.17, 15) is 27.6 Å². The molecule has 44 heavy (non-hydrogen) atoms. The molecule has 2 aromatic carbocycles. The molecule has 0 radical (unpaired) electrons. The van der Waals surface area contributed by atoms with Gasteiger partial charge in [0.15, 0.2) is 0 Å². The van der Waals surface area contributed by atoms with Gasteiger partial charge in [0.05, 0.1) is 11.5 Å². The molecule has 0 saturated heterocycles. The van der Waals surface area contributed by atoms with Gasteiger partial charge in [0.1, 0.15) is 11.6 Å². The predicted octanol–water partition coefficient (Wildman–Crippen LogP) is 7.74. The second kappa shape index (κ2) is 15.6. The summed E-state index contributed by atoms with van der Waals surface area (Å²) >= 11 is 0. The number of benzene rings is 2. The van der Waals surface area contributed by atoms with Crippen molar-refractivity contribution in [1.29, 1.82) is 0 Å². The van der Waals surface area contributed by atoms with Gasteiger partial charge in [-0.3, -0.25) is 14.4 Å². The fourth-order valence-electron chi connectivity index (χ4n) is 5.03. The highest BCUT2D eigenvalue weighted by Crippen LogP contribution is 2.33. The highest BCUT2D eigenvalue weighted by Gasteiger charge is 2.36. The summed E-state index contributed by atoms with van der Waals surface area (Å²) in [5.41, 5.74) is 0.0868. The van der Waals surface area contributed by atoms with E-state index >= 15 is 0 Å². The molecular weight excluding hydrogens is 569 g/mol. The second-order valence-electron chi connectivity index (χ2n) is 13.5. The lowest BCUT2D eigenvalue weighted by molar-refractivity contribution is -0.161. The number of unbranched alkanes of at least 4 members (excludes halogenated alkanes) is 1. The minimum Gasteiger partial charge on any atom is -0.460 e. The van der Waals surface area contributed by atoms with Gasteiger partial charge >= 0.3 is 12.1 Å². The Morgan fingerprint density at radius 1 is 0.841 bits per heavy atom. The van der Waals surface area contributed by atoms with E-state index in [1.165, 1.54) is 13.1 Å². The fraction of sp³-hybridized carbons (Fsp3) is 0.571. The number of hydrogen-bond donors (Lipinski definition) is 2. The Morgan fingerprint density at radius 3 is 2.00 bits per heavy atom. The molecule has 0 aliphatic heterocycles. The molecule has 3 atom stereocenters. The number of carbonyl (C=O) groups excluding carboxylic acids is 3. The van der Waals surface area contributed by atoms with E-state index in [-0.39, 0.29) is 24.2 Å². The van der Waals surface area contributed by atoms with E-state index in [1.807, 2.05) is 60.6 Å². The molecule has 244 valence electrons. The van der Waals surface area contributed by atoms with E-state index in [1.54, 1.807) is 18.2 Å². The van der Waals surface area contributed by atoms with Crippen molar-refractivity contribution in [2.45, 2.75) is 105 Å². The summed E-state index contributed by atoms with van der Waals surface area (Å²) in [5.74, 6) is -2.01. The number of alkyl halides is 3. The molecule has 2 amide bonds. The van der Waals surface area contributed by atoms with Gasteiger partial charge in [-0.05, 0) is 80.7 Å². The number of nitrogens with one attached hydrogen (secondary N) is 2. The van der Waals surface area contributed by atoms with E-state index in [0.717, 1.165) is 30.5 Å². The van der Waals surface area contributed by atoms with Crippen LogP contribution in [0.25, 0.3) is 11.1 Å². The molecule has 2 aromatic rings. The SMILES string of the molecule is CCCC[C@@H](C[C@@H](CCc1ccc(-c2cccc(C(F)(F)F)c2)cc1)C(=O)N[C@H](C(=O)NC)C(C)(C)C)C(=O)OC(C)(C)C. The van der Waals surface area contributed by atoms with Crippen molar-refractivity contribution in [3.63, 3.8) is 0 Å². The lowest BCUT2D eigenvalue weighted by Gasteiger charge is -2.32. The number of amides is 2. The second-order valence-corrected chi connectivity index (χ2v) is 13.5. The number of hydrogen-bond acceptors (Lipinski definition) is 4. The molecule has 6 nitrogen and oxygen atoms in total. The first kappa shape index (κ1) is 36.8. The summed E-state index contributed by atoms with van der Waals surface area (Å²) in [5, 5.41) is 5.57. The number of aryl methyl sites for hydroxylation is 1. The summed E-state index contributed by atoms with van der Waals surface area (Å²) in [6.45, 7) is 13.1. The smallest absolute Gasteiger partial charge is 0.416 e. The van der Waals surface area contributed by atoms with Gasteiger partial charge in [-0.25, -0.2) is 0 Å². The van der Waals surface area contributed by atoms with Gasteiger partial charge in [-0.2, -0.15) is 13.2 Å². The standard InChI is InChI=1S/C35H49F3N2O4/c1-9-10-12-27(32(43)44-34(5,6)7)21-26(30(41)40-29(31(42)39-8)33(2,3)4)20-17-23-15-18-24(19-16-23)25-13-11-14-28(22-25)35(36,37)38/h11,13-16,18-19,22,26-27,29H,9-10,12,17,20-21H2,1-8H3,(H,39,42)(H,40,41)/t26-,27+,29-/m1/s1. The molecule has 2 rings (SSSR count). The largest absolute Gasteiger partial charge is 0.460 e. The van der Waals surface area contributed by atoms with Crippen LogP contribution in [0.15, 0.2) is 48.5 Å². The quantitative estimate of drug-likeness (QED) is 0.225. The molecule has 0 heterocycles. The van der Waals surface area contributed by atoms with Gasteiger partial charge in [0, 0.05) is 13.0 Å². The summed E-state index contributed by atoms with van der Waals surface area (Å²) in [6.07, 6.45) is -0.980. The molecule has 0 aliphatic rings. The maximum atomic E-state index is 13.8. The molecule has 2 N–H and O–H groups in total. The van der Waals surface area contributed by atoms with Gasteiger partial charge in [0.2, 0.25) is 11.8 Å². The van der Waals surface area contributed by atoms with Crippen LogP contribution in [0.5, 0.6) is 0 Å². The molecule has 0 bridgehead atoms. The summed E-state index contributed by atoms with van der Waals surface area (Å²) < 4.78 is 45.3.